The fraction of sp³-hybridized carbons (Fsp3) is 0.462. The second kappa shape index (κ2) is 6.25. The van der Waals surface area contributed by atoms with Crippen LogP contribution < -0.4 is 11.1 Å². The Balaban J connectivity index is 2.45. The summed E-state index contributed by atoms with van der Waals surface area (Å²) in [6.45, 7) is 4.41. The van der Waals surface area contributed by atoms with Crippen molar-refractivity contribution in [3.8, 4) is 5.75 Å². The summed E-state index contributed by atoms with van der Waals surface area (Å²) in [6.07, 6.45) is 0.883. The van der Waals surface area contributed by atoms with Gasteiger partial charge in [-0.15, -0.1) is 0 Å². The second-order valence-electron chi connectivity index (χ2n) is 4.30. The normalized spacial score (nSPS) is 14.1. The topological polar surface area (TPSA) is 75.4 Å². The van der Waals surface area contributed by atoms with E-state index in [1.807, 2.05) is 13.8 Å². The van der Waals surface area contributed by atoms with Crippen LogP contribution in [0.1, 0.15) is 25.8 Å². The molecule has 0 aliphatic carbocycles. The zero-order valence-electron chi connectivity index (χ0n) is 10.3. The lowest BCUT2D eigenvalue weighted by Crippen LogP contribution is -2.44. The van der Waals surface area contributed by atoms with E-state index < -0.39 is 6.04 Å². The molecule has 0 aliphatic rings. The summed E-state index contributed by atoms with van der Waals surface area (Å²) in [5.41, 5.74) is 6.74. The van der Waals surface area contributed by atoms with Gasteiger partial charge in [0, 0.05) is 6.54 Å². The van der Waals surface area contributed by atoms with Crippen molar-refractivity contribution in [3.63, 3.8) is 0 Å². The molecule has 1 aromatic rings. The molecular formula is C13H20N2O2. The molecule has 0 saturated carbocycles. The molecule has 1 amide bonds. The maximum Gasteiger partial charge on any atom is 0.237 e. The highest BCUT2D eigenvalue weighted by Gasteiger charge is 2.18. The maximum atomic E-state index is 11.7. The van der Waals surface area contributed by atoms with E-state index >= 15 is 0 Å². The molecule has 0 radical (unpaired) electrons. The molecule has 2 atom stereocenters. The number of carbonyl (C=O) groups excluding carboxylic acids is 1. The second-order valence-corrected chi connectivity index (χ2v) is 4.30. The van der Waals surface area contributed by atoms with Gasteiger partial charge in [0.15, 0.2) is 0 Å². The van der Waals surface area contributed by atoms with Gasteiger partial charge in [-0.1, -0.05) is 32.4 Å². The third-order valence-corrected chi connectivity index (χ3v) is 2.96. The lowest BCUT2D eigenvalue weighted by atomic mass is 9.99. The van der Waals surface area contributed by atoms with Crippen LogP contribution in [-0.2, 0) is 11.3 Å². The summed E-state index contributed by atoms with van der Waals surface area (Å²) in [4.78, 5) is 11.7. The van der Waals surface area contributed by atoms with Crippen molar-refractivity contribution in [2.24, 2.45) is 11.7 Å². The molecule has 0 heterocycles. The first-order chi connectivity index (χ1) is 8.04. The molecule has 0 saturated heterocycles. The number of phenols is 1. The number of amides is 1. The van der Waals surface area contributed by atoms with Crippen LogP contribution in [0.15, 0.2) is 24.3 Å². The van der Waals surface area contributed by atoms with E-state index in [0.29, 0.717) is 6.54 Å². The molecule has 4 heteroatoms. The minimum atomic E-state index is -0.461. The predicted octanol–water partition coefficient (Wildman–Crippen LogP) is 1.38. The van der Waals surface area contributed by atoms with Gasteiger partial charge in [0.2, 0.25) is 5.91 Å². The molecule has 4 nitrogen and oxygen atoms in total. The van der Waals surface area contributed by atoms with Crippen LogP contribution in [0, 0.1) is 5.92 Å². The van der Waals surface area contributed by atoms with Crippen molar-refractivity contribution in [1.29, 1.82) is 0 Å². The van der Waals surface area contributed by atoms with Crippen LogP contribution >= 0.6 is 0 Å². The van der Waals surface area contributed by atoms with Gasteiger partial charge in [-0.3, -0.25) is 4.79 Å². The van der Waals surface area contributed by atoms with E-state index in [9.17, 15) is 4.79 Å². The highest BCUT2D eigenvalue weighted by atomic mass is 16.3. The third kappa shape index (κ3) is 4.07. The maximum absolute atomic E-state index is 11.7. The van der Waals surface area contributed by atoms with Crippen LogP contribution in [0.25, 0.3) is 0 Å². The summed E-state index contributed by atoms with van der Waals surface area (Å²) in [5, 5.41) is 11.9. The lowest BCUT2D eigenvalue weighted by molar-refractivity contribution is -0.123. The van der Waals surface area contributed by atoms with Crippen molar-refractivity contribution in [2.45, 2.75) is 32.9 Å². The first-order valence-electron chi connectivity index (χ1n) is 5.85. The molecule has 94 valence electrons. The first kappa shape index (κ1) is 13.5. The number of phenolic OH excluding ortho intramolecular Hbond substituents is 1. The Morgan fingerprint density at radius 3 is 2.53 bits per heavy atom. The van der Waals surface area contributed by atoms with Crippen LogP contribution in [0.4, 0.5) is 0 Å². The van der Waals surface area contributed by atoms with Crippen molar-refractivity contribution in [3.05, 3.63) is 29.8 Å². The quantitative estimate of drug-likeness (QED) is 0.723. The van der Waals surface area contributed by atoms with E-state index in [4.69, 9.17) is 10.8 Å². The van der Waals surface area contributed by atoms with E-state index in [0.717, 1.165) is 12.0 Å². The Hall–Kier alpha value is -1.55. The average molecular weight is 236 g/mol. The van der Waals surface area contributed by atoms with E-state index in [-0.39, 0.29) is 17.6 Å². The third-order valence-electron chi connectivity index (χ3n) is 2.96. The van der Waals surface area contributed by atoms with E-state index in [2.05, 4.69) is 5.32 Å². The molecule has 4 N–H and O–H groups in total. The zero-order chi connectivity index (χ0) is 12.8. The first-order valence-corrected chi connectivity index (χ1v) is 5.85. The molecule has 1 unspecified atom stereocenters. The summed E-state index contributed by atoms with van der Waals surface area (Å²) < 4.78 is 0. The number of aromatic hydroxyl groups is 1. The Kier molecular flexibility index (Phi) is 4.97. The van der Waals surface area contributed by atoms with Gasteiger partial charge < -0.3 is 16.2 Å². The van der Waals surface area contributed by atoms with Crippen molar-refractivity contribution < 1.29 is 9.90 Å². The summed E-state index contributed by atoms with van der Waals surface area (Å²) >= 11 is 0. The number of benzene rings is 1. The number of nitrogens with two attached hydrogens (primary N) is 1. The predicted molar refractivity (Wildman–Crippen MR) is 67.4 cm³/mol. The number of carbonyl (C=O) groups is 1. The molecular weight excluding hydrogens is 216 g/mol. The zero-order valence-corrected chi connectivity index (χ0v) is 10.3. The summed E-state index contributed by atoms with van der Waals surface area (Å²) in [6, 6.07) is 6.26. The van der Waals surface area contributed by atoms with Gasteiger partial charge in [0.25, 0.3) is 0 Å². The van der Waals surface area contributed by atoms with E-state index in [1.54, 1.807) is 24.3 Å². The molecule has 0 bridgehead atoms. The van der Waals surface area contributed by atoms with Crippen LogP contribution in [-0.4, -0.2) is 17.1 Å². The van der Waals surface area contributed by atoms with Crippen LogP contribution in [0.2, 0.25) is 0 Å². The van der Waals surface area contributed by atoms with Gasteiger partial charge in [-0.2, -0.15) is 0 Å². The van der Waals surface area contributed by atoms with E-state index in [1.165, 1.54) is 0 Å². The average Bonchev–Trinajstić information content (AvgIpc) is 2.35. The summed E-state index contributed by atoms with van der Waals surface area (Å²) in [5.74, 6) is 0.263. The monoisotopic (exact) mass is 236 g/mol. The van der Waals surface area contributed by atoms with Gasteiger partial charge in [0.1, 0.15) is 5.75 Å². The largest absolute Gasteiger partial charge is 0.508 e. The highest BCUT2D eigenvalue weighted by Crippen LogP contribution is 2.10. The molecule has 0 aliphatic heterocycles. The molecule has 17 heavy (non-hydrogen) atoms. The Labute approximate surface area is 102 Å². The number of hydrogen-bond acceptors (Lipinski definition) is 3. The number of nitrogens with one attached hydrogen (secondary N) is 1. The van der Waals surface area contributed by atoms with Crippen molar-refractivity contribution in [1.82, 2.24) is 5.32 Å². The lowest BCUT2D eigenvalue weighted by Gasteiger charge is -2.17. The molecule has 1 rings (SSSR count). The Morgan fingerprint density at radius 2 is 2.00 bits per heavy atom. The summed E-state index contributed by atoms with van der Waals surface area (Å²) in [7, 11) is 0. The minimum absolute atomic E-state index is 0.132. The molecule has 1 aromatic carbocycles. The highest BCUT2D eigenvalue weighted by molar-refractivity contribution is 5.81. The number of rotatable bonds is 5. The van der Waals surface area contributed by atoms with Crippen molar-refractivity contribution >= 4 is 5.91 Å². The standard InChI is InChI=1S/C13H20N2O2/c1-3-9(2)12(14)13(17)15-8-10-4-6-11(16)7-5-10/h4-7,9,12,16H,3,8,14H2,1-2H3,(H,15,17)/t9?,12-/m0/s1. The Morgan fingerprint density at radius 1 is 1.41 bits per heavy atom. The van der Waals surface area contributed by atoms with Crippen molar-refractivity contribution in [2.75, 3.05) is 0 Å². The smallest absolute Gasteiger partial charge is 0.237 e. The minimum Gasteiger partial charge on any atom is -0.508 e. The van der Waals surface area contributed by atoms with Crippen LogP contribution in [0.5, 0.6) is 5.75 Å². The molecule has 0 aromatic heterocycles. The van der Waals surface area contributed by atoms with Gasteiger partial charge in [0.05, 0.1) is 6.04 Å². The number of hydrogen-bond donors (Lipinski definition) is 3. The fourth-order valence-corrected chi connectivity index (χ4v) is 1.43. The fourth-order valence-electron chi connectivity index (χ4n) is 1.43. The molecule has 0 fully saturated rings. The Bertz CT molecular complexity index is 362. The van der Waals surface area contributed by atoms with Gasteiger partial charge in [-0.25, -0.2) is 0 Å². The SMILES string of the molecule is CCC(C)[C@H](N)C(=O)NCc1ccc(O)cc1. The van der Waals surface area contributed by atoms with Crippen LogP contribution in [0.3, 0.4) is 0 Å². The van der Waals surface area contributed by atoms with Gasteiger partial charge >= 0.3 is 0 Å². The van der Waals surface area contributed by atoms with Gasteiger partial charge in [-0.05, 0) is 23.6 Å². The molecule has 0 spiro atoms.